The molecule has 6 N–H and O–H groups in total. The van der Waals surface area contributed by atoms with E-state index < -0.39 is 36.7 Å². The molecular weight excluding hydrogens is 274 g/mol. The third-order valence-corrected chi connectivity index (χ3v) is 4.29. The Labute approximate surface area is 126 Å². The Balaban J connectivity index is 2.37. The van der Waals surface area contributed by atoms with Crippen LogP contribution in [0, 0.1) is 0 Å². The molecule has 0 aromatic carbocycles. The Hall–Kier alpha value is -0.240. The number of aliphatic hydroxyl groups is 4. The molecule has 0 amide bonds. The fourth-order valence-corrected chi connectivity index (χ4v) is 2.82. The van der Waals surface area contributed by atoms with Crippen LogP contribution in [0.3, 0.4) is 0 Å². The van der Waals surface area contributed by atoms with Crippen molar-refractivity contribution in [3.8, 4) is 0 Å². The van der Waals surface area contributed by atoms with Crippen LogP contribution in [0.4, 0.5) is 0 Å². The molecule has 6 nitrogen and oxygen atoms in total. The van der Waals surface area contributed by atoms with Gasteiger partial charge in [0.1, 0.15) is 18.3 Å². The van der Waals surface area contributed by atoms with Gasteiger partial charge in [-0.3, -0.25) is 0 Å². The van der Waals surface area contributed by atoms with Gasteiger partial charge in [0.25, 0.3) is 0 Å². The van der Waals surface area contributed by atoms with Crippen LogP contribution in [-0.2, 0) is 4.74 Å². The van der Waals surface area contributed by atoms with Gasteiger partial charge >= 0.3 is 0 Å². The first-order valence-corrected chi connectivity index (χ1v) is 8.09. The summed E-state index contributed by atoms with van der Waals surface area (Å²) in [5, 5.41) is 39.1. The number of hydrogen-bond donors (Lipinski definition) is 5. The maximum Gasteiger partial charge on any atom is 0.184 e. The molecule has 1 aliphatic rings. The summed E-state index contributed by atoms with van der Waals surface area (Å²) in [4.78, 5) is 0. The fraction of sp³-hybridized carbons (Fsp3) is 1.00. The SMILES string of the molecule is CCCCCCCCCC1(O)O[C@H](CO)[C@@H](O)[C@H](O)[C@H]1N. The fourth-order valence-electron chi connectivity index (χ4n) is 2.82. The molecule has 21 heavy (non-hydrogen) atoms. The van der Waals surface area contributed by atoms with E-state index in [9.17, 15) is 15.3 Å². The second kappa shape index (κ2) is 9.02. The van der Waals surface area contributed by atoms with Gasteiger partial charge in [-0.2, -0.15) is 0 Å². The minimum Gasteiger partial charge on any atom is -0.394 e. The Morgan fingerprint density at radius 1 is 1.00 bits per heavy atom. The summed E-state index contributed by atoms with van der Waals surface area (Å²) < 4.78 is 5.33. The first kappa shape index (κ1) is 18.8. The molecular formula is C15H31NO5. The normalized spacial score (nSPS) is 36.9. The van der Waals surface area contributed by atoms with E-state index in [-0.39, 0.29) is 0 Å². The first-order chi connectivity index (χ1) is 9.96. The van der Waals surface area contributed by atoms with Gasteiger partial charge in [-0.05, 0) is 6.42 Å². The quantitative estimate of drug-likeness (QED) is 0.390. The number of ether oxygens (including phenoxy) is 1. The van der Waals surface area contributed by atoms with Crippen molar-refractivity contribution in [3.05, 3.63) is 0 Å². The summed E-state index contributed by atoms with van der Waals surface area (Å²) in [6.45, 7) is 1.71. The lowest BCUT2D eigenvalue weighted by Gasteiger charge is -2.46. The van der Waals surface area contributed by atoms with Gasteiger partial charge in [0, 0.05) is 6.42 Å². The van der Waals surface area contributed by atoms with Gasteiger partial charge in [-0.15, -0.1) is 0 Å². The largest absolute Gasteiger partial charge is 0.394 e. The van der Waals surface area contributed by atoms with Gasteiger partial charge in [0.05, 0.1) is 12.6 Å². The molecule has 126 valence electrons. The van der Waals surface area contributed by atoms with Crippen LogP contribution in [0.5, 0.6) is 0 Å². The van der Waals surface area contributed by atoms with Crippen molar-refractivity contribution in [2.24, 2.45) is 5.73 Å². The monoisotopic (exact) mass is 305 g/mol. The van der Waals surface area contributed by atoms with Gasteiger partial charge in [-0.25, -0.2) is 0 Å². The Morgan fingerprint density at radius 3 is 2.14 bits per heavy atom. The third-order valence-electron chi connectivity index (χ3n) is 4.29. The summed E-state index contributed by atoms with van der Waals surface area (Å²) in [6, 6.07) is -1.07. The molecule has 1 heterocycles. The smallest absolute Gasteiger partial charge is 0.184 e. The van der Waals surface area contributed by atoms with Crippen LogP contribution in [0.1, 0.15) is 58.3 Å². The van der Waals surface area contributed by atoms with Crippen molar-refractivity contribution >= 4 is 0 Å². The average Bonchev–Trinajstić information content (AvgIpc) is 2.48. The second-order valence-electron chi connectivity index (χ2n) is 6.06. The minimum atomic E-state index is -1.69. The Morgan fingerprint density at radius 2 is 1.57 bits per heavy atom. The molecule has 0 spiro atoms. The van der Waals surface area contributed by atoms with E-state index in [0.717, 1.165) is 19.3 Å². The average molecular weight is 305 g/mol. The highest BCUT2D eigenvalue weighted by Gasteiger charge is 2.50. The summed E-state index contributed by atoms with van der Waals surface area (Å²) in [5.41, 5.74) is 5.78. The van der Waals surface area contributed by atoms with Crippen LogP contribution >= 0.6 is 0 Å². The van der Waals surface area contributed by atoms with Crippen LogP contribution in [0.15, 0.2) is 0 Å². The highest BCUT2D eigenvalue weighted by molar-refractivity contribution is 4.98. The number of unbranched alkanes of at least 4 members (excludes halogenated alkanes) is 6. The number of nitrogens with two attached hydrogens (primary N) is 1. The molecule has 0 radical (unpaired) electrons. The molecule has 1 rings (SSSR count). The highest BCUT2D eigenvalue weighted by Crippen LogP contribution is 2.31. The summed E-state index contributed by atoms with van der Waals surface area (Å²) >= 11 is 0. The number of hydrogen-bond acceptors (Lipinski definition) is 6. The van der Waals surface area contributed by atoms with Crippen molar-refractivity contribution in [2.75, 3.05) is 6.61 Å². The molecule has 0 aliphatic carbocycles. The van der Waals surface area contributed by atoms with E-state index in [1.807, 2.05) is 0 Å². The van der Waals surface area contributed by atoms with Crippen molar-refractivity contribution < 1.29 is 25.2 Å². The molecule has 1 aliphatic heterocycles. The predicted molar refractivity (Wildman–Crippen MR) is 79.5 cm³/mol. The summed E-state index contributed by atoms with van der Waals surface area (Å²) in [6.07, 6.45) is 4.38. The van der Waals surface area contributed by atoms with Gasteiger partial charge in [-0.1, -0.05) is 45.4 Å². The lowest BCUT2D eigenvalue weighted by molar-refractivity contribution is -0.316. The molecule has 5 atom stereocenters. The molecule has 0 aromatic heterocycles. The van der Waals surface area contributed by atoms with Crippen molar-refractivity contribution in [2.45, 2.75) is 88.4 Å². The number of aliphatic hydroxyl groups excluding tert-OH is 3. The first-order valence-electron chi connectivity index (χ1n) is 8.09. The lowest BCUT2D eigenvalue weighted by atomic mass is 9.88. The molecule has 1 fully saturated rings. The highest BCUT2D eigenvalue weighted by atomic mass is 16.6. The number of rotatable bonds is 9. The maximum atomic E-state index is 10.4. The molecule has 0 aromatic rings. The van der Waals surface area contributed by atoms with E-state index in [2.05, 4.69) is 6.92 Å². The lowest BCUT2D eigenvalue weighted by Crippen LogP contribution is -2.68. The summed E-state index contributed by atoms with van der Waals surface area (Å²) in [7, 11) is 0. The van der Waals surface area contributed by atoms with Crippen molar-refractivity contribution in [1.29, 1.82) is 0 Å². The Kier molecular flexibility index (Phi) is 8.08. The zero-order chi connectivity index (χ0) is 15.9. The van der Waals surface area contributed by atoms with Gasteiger partial charge < -0.3 is 30.9 Å². The Bertz CT molecular complexity index is 289. The van der Waals surface area contributed by atoms with Crippen LogP contribution in [-0.4, -0.2) is 57.2 Å². The molecule has 1 saturated heterocycles. The van der Waals surface area contributed by atoms with E-state index in [1.54, 1.807) is 0 Å². The standard InChI is InChI=1S/C15H31NO5/c1-2-3-4-5-6-7-8-9-15(20)14(16)13(19)12(18)11(10-17)21-15/h11-14,17-20H,2-10,16H2,1H3/t11-,12-,13+,14-,15?/m1/s1. The second-order valence-corrected chi connectivity index (χ2v) is 6.06. The predicted octanol–water partition coefficient (Wildman–Crippen LogP) is 0.256. The molecule has 6 heteroatoms. The van der Waals surface area contributed by atoms with E-state index in [0.29, 0.717) is 6.42 Å². The molecule has 0 saturated carbocycles. The molecule has 0 bridgehead atoms. The van der Waals surface area contributed by atoms with E-state index in [4.69, 9.17) is 15.6 Å². The maximum absolute atomic E-state index is 10.4. The van der Waals surface area contributed by atoms with Crippen LogP contribution in [0.2, 0.25) is 0 Å². The van der Waals surface area contributed by atoms with Gasteiger partial charge in [0.2, 0.25) is 0 Å². The van der Waals surface area contributed by atoms with Crippen molar-refractivity contribution in [3.63, 3.8) is 0 Å². The topological polar surface area (TPSA) is 116 Å². The van der Waals surface area contributed by atoms with Crippen molar-refractivity contribution in [1.82, 2.24) is 0 Å². The van der Waals surface area contributed by atoms with Gasteiger partial charge in [0.15, 0.2) is 5.79 Å². The van der Waals surface area contributed by atoms with Crippen LogP contribution < -0.4 is 5.73 Å². The van der Waals surface area contributed by atoms with Crippen LogP contribution in [0.25, 0.3) is 0 Å². The van der Waals surface area contributed by atoms with E-state index in [1.165, 1.54) is 25.7 Å². The summed E-state index contributed by atoms with van der Waals surface area (Å²) in [5.74, 6) is -1.69. The van der Waals surface area contributed by atoms with E-state index >= 15 is 0 Å². The third kappa shape index (κ3) is 5.16. The zero-order valence-corrected chi connectivity index (χ0v) is 12.9. The zero-order valence-electron chi connectivity index (χ0n) is 12.9. The molecule has 1 unspecified atom stereocenters. The minimum absolute atomic E-state index is 0.294.